The average molecular weight is 236 g/mol. The van der Waals surface area contributed by atoms with E-state index in [9.17, 15) is 4.79 Å². The Kier molecular flexibility index (Phi) is 5.93. The number of carbonyl (C=O) groups excluding carboxylic acids is 1. The van der Waals surface area contributed by atoms with E-state index in [1.165, 1.54) is 0 Å². The molecule has 0 heterocycles. The van der Waals surface area contributed by atoms with Crippen LogP contribution in [0.1, 0.15) is 19.8 Å². The van der Waals surface area contributed by atoms with Crippen LogP contribution in [0.3, 0.4) is 0 Å². The first-order chi connectivity index (χ1) is 8.26. The third-order valence-electron chi connectivity index (χ3n) is 2.38. The van der Waals surface area contributed by atoms with Gasteiger partial charge in [0, 0.05) is 18.3 Å². The molecule has 2 N–H and O–H groups in total. The quantitative estimate of drug-likeness (QED) is 0.712. The minimum Gasteiger partial charge on any atom is -0.497 e. The number of amides is 1. The number of ether oxygens (including phenoxy) is 1. The Morgan fingerprint density at radius 2 is 2.24 bits per heavy atom. The number of benzene rings is 1. The van der Waals surface area contributed by atoms with Crippen LogP contribution < -0.4 is 15.4 Å². The van der Waals surface area contributed by atoms with Crippen LogP contribution in [0.25, 0.3) is 0 Å². The maximum absolute atomic E-state index is 11.4. The van der Waals surface area contributed by atoms with Crippen molar-refractivity contribution >= 4 is 11.6 Å². The molecular weight excluding hydrogens is 216 g/mol. The minimum atomic E-state index is 0.0151. The Morgan fingerprint density at radius 3 is 2.94 bits per heavy atom. The summed E-state index contributed by atoms with van der Waals surface area (Å²) in [6.45, 7) is 3.13. The number of methoxy groups -OCH3 is 1. The van der Waals surface area contributed by atoms with Gasteiger partial charge in [-0.3, -0.25) is 4.79 Å². The van der Waals surface area contributed by atoms with Gasteiger partial charge < -0.3 is 15.4 Å². The number of nitrogens with one attached hydrogen (secondary N) is 2. The summed E-state index contributed by atoms with van der Waals surface area (Å²) in [5.74, 6) is 0.794. The minimum absolute atomic E-state index is 0.0151. The van der Waals surface area contributed by atoms with E-state index in [1.807, 2.05) is 24.3 Å². The molecule has 1 amide bonds. The number of hydrogen-bond acceptors (Lipinski definition) is 3. The maximum Gasteiger partial charge on any atom is 0.239 e. The lowest BCUT2D eigenvalue weighted by Gasteiger charge is -2.08. The van der Waals surface area contributed by atoms with Gasteiger partial charge in [-0.15, -0.1) is 0 Å². The van der Waals surface area contributed by atoms with Gasteiger partial charge in [-0.1, -0.05) is 19.4 Å². The van der Waals surface area contributed by atoms with Crippen LogP contribution in [0.4, 0.5) is 5.69 Å². The third-order valence-corrected chi connectivity index (χ3v) is 2.38. The van der Waals surface area contributed by atoms with Crippen molar-refractivity contribution < 1.29 is 9.53 Å². The van der Waals surface area contributed by atoms with Crippen LogP contribution >= 0.6 is 0 Å². The van der Waals surface area contributed by atoms with E-state index in [1.54, 1.807) is 7.11 Å². The molecule has 0 saturated heterocycles. The summed E-state index contributed by atoms with van der Waals surface area (Å²) < 4.78 is 5.10. The Balaban J connectivity index is 2.31. The fraction of sp³-hybridized carbons (Fsp3) is 0.462. The molecule has 0 atom stereocenters. The molecule has 94 valence electrons. The molecule has 0 saturated carbocycles. The summed E-state index contributed by atoms with van der Waals surface area (Å²) in [4.78, 5) is 11.4. The molecule has 1 aromatic carbocycles. The Morgan fingerprint density at radius 1 is 1.41 bits per heavy atom. The maximum atomic E-state index is 11.4. The van der Waals surface area contributed by atoms with Gasteiger partial charge >= 0.3 is 0 Å². The molecule has 0 radical (unpaired) electrons. The zero-order valence-corrected chi connectivity index (χ0v) is 10.5. The zero-order chi connectivity index (χ0) is 12.5. The van der Waals surface area contributed by atoms with Crippen LogP contribution in [0.15, 0.2) is 24.3 Å². The van der Waals surface area contributed by atoms with Crippen molar-refractivity contribution in [2.24, 2.45) is 0 Å². The second-order valence-corrected chi connectivity index (χ2v) is 3.79. The first kappa shape index (κ1) is 13.4. The molecule has 0 spiro atoms. The summed E-state index contributed by atoms with van der Waals surface area (Å²) >= 11 is 0. The van der Waals surface area contributed by atoms with Crippen LogP contribution in [0, 0.1) is 0 Å². The molecule has 0 bridgehead atoms. The van der Waals surface area contributed by atoms with Crippen LogP contribution in [0.2, 0.25) is 0 Å². The number of anilines is 1. The first-order valence-electron chi connectivity index (χ1n) is 5.91. The van der Waals surface area contributed by atoms with Gasteiger partial charge in [0.05, 0.1) is 13.7 Å². The van der Waals surface area contributed by atoms with E-state index >= 15 is 0 Å². The lowest BCUT2D eigenvalue weighted by Crippen LogP contribution is -2.30. The number of carbonyl (C=O) groups is 1. The van der Waals surface area contributed by atoms with Gasteiger partial charge in [0.2, 0.25) is 5.91 Å². The highest BCUT2D eigenvalue weighted by Gasteiger charge is 2.00. The Labute approximate surface area is 102 Å². The fourth-order valence-corrected chi connectivity index (χ4v) is 1.38. The molecule has 0 fully saturated rings. The summed E-state index contributed by atoms with van der Waals surface area (Å²) in [6.07, 6.45) is 2.11. The van der Waals surface area contributed by atoms with E-state index < -0.39 is 0 Å². The zero-order valence-electron chi connectivity index (χ0n) is 10.5. The van der Waals surface area contributed by atoms with Gasteiger partial charge in [-0.25, -0.2) is 0 Å². The smallest absolute Gasteiger partial charge is 0.239 e. The van der Waals surface area contributed by atoms with E-state index in [0.717, 1.165) is 30.8 Å². The van der Waals surface area contributed by atoms with Gasteiger partial charge in [0.1, 0.15) is 5.75 Å². The van der Waals surface area contributed by atoms with Gasteiger partial charge in [0.15, 0.2) is 0 Å². The lowest BCUT2D eigenvalue weighted by molar-refractivity contribution is -0.119. The highest BCUT2D eigenvalue weighted by atomic mass is 16.5. The van der Waals surface area contributed by atoms with Crippen molar-refractivity contribution in [1.29, 1.82) is 0 Å². The number of hydrogen-bond donors (Lipinski definition) is 2. The fourth-order valence-electron chi connectivity index (χ4n) is 1.38. The van der Waals surface area contributed by atoms with Crippen LogP contribution in [-0.4, -0.2) is 26.1 Å². The van der Waals surface area contributed by atoms with E-state index in [0.29, 0.717) is 0 Å². The summed E-state index contributed by atoms with van der Waals surface area (Å²) in [7, 11) is 1.62. The van der Waals surface area contributed by atoms with Crippen molar-refractivity contribution in [2.75, 3.05) is 25.5 Å². The molecular formula is C13H20N2O2. The van der Waals surface area contributed by atoms with Crippen molar-refractivity contribution in [3.05, 3.63) is 24.3 Å². The van der Waals surface area contributed by atoms with Gasteiger partial charge in [-0.05, 0) is 18.6 Å². The number of rotatable bonds is 7. The monoisotopic (exact) mass is 236 g/mol. The SMILES string of the molecule is CCCCNC(=O)CNc1cccc(OC)c1. The topological polar surface area (TPSA) is 50.4 Å². The third kappa shape index (κ3) is 5.24. The molecule has 0 unspecified atom stereocenters. The van der Waals surface area contributed by atoms with Crippen molar-refractivity contribution in [1.82, 2.24) is 5.32 Å². The Hall–Kier alpha value is -1.71. The average Bonchev–Trinajstić information content (AvgIpc) is 2.37. The number of unbranched alkanes of at least 4 members (excludes halogenated alkanes) is 1. The summed E-state index contributed by atoms with van der Waals surface area (Å²) in [5, 5.41) is 5.90. The molecule has 4 nitrogen and oxygen atoms in total. The Bertz CT molecular complexity index is 353. The molecule has 0 aliphatic rings. The molecule has 4 heteroatoms. The molecule has 0 aliphatic carbocycles. The second-order valence-electron chi connectivity index (χ2n) is 3.79. The van der Waals surface area contributed by atoms with E-state index in [-0.39, 0.29) is 12.5 Å². The van der Waals surface area contributed by atoms with Crippen molar-refractivity contribution in [2.45, 2.75) is 19.8 Å². The second kappa shape index (κ2) is 7.54. The van der Waals surface area contributed by atoms with E-state index in [4.69, 9.17) is 4.74 Å². The molecule has 1 rings (SSSR count). The van der Waals surface area contributed by atoms with Gasteiger partial charge in [-0.2, -0.15) is 0 Å². The highest BCUT2D eigenvalue weighted by molar-refractivity contribution is 5.80. The van der Waals surface area contributed by atoms with Gasteiger partial charge in [0.25, 0.3) is 0 Å². The molecule has 0 aromatic heterocycles. The lowest BCUT2D eigenvalue weighted by atomic mass is 10.3. The molecule has 1 aromatic rings. The summed E-state index contributed by atoms with van der Waals surface area (Å²) in [5.41, 5.74) is 0.884. The first-order valence-corrected chi connectivity index (χ1v) is 5.91. The van der Waals surface area contributed by atoms with Crippen molar-refractivity contribution in [3.8, 4) is 5.75 Å². The largest absolute Gasteiger partial charge is 0.497 e. The normalized spacial score (nSPS) is 9.76. The summed E-state index contributed by atoms with van der Waals surface area (Å²) in [6, 6.07) is 7.52. The predicted molar refractivity (Wildman–Crippen MR) is 69.4 cm³/mol. The molecule has 17 heavy (non-hydrogen) atoms. The van der Waals surface area contributed by atoms with E-state index in [2.05, 4.69) is 17.6 Å². The van der Waals surface area contributed by atoms with Crippen LogP contribution in [0.5, 0.6) is 5.75 Å². The predicted octanol–water partition coefficient (Wildman–Crippen LogP) is 2.02. The van der Waals surface area contributed by atoms with Crippen molar-refractivity contribution in [3.63, 3.8) is 0 Å². The van der Waals surface area contributed by atoms with Crippen LogP contribution in [-0.2, 0) is 4.79 Å². The standard InChI is InChI=1S/C13H20N2O2/c1-3-4-8-14-13(16)10-15-11-6-5-7-12(9-11)17-2/h5-7,9,15H,3-4,8,10H2,1-2H3,(H,14,16). The highest BCUT2D eigenvalue weighted by Crippen LogP contribution is 2.16. The molecule has 0 aliphatic heterocycles.